The molecule has 0 radical (unpaired) electrons. The highest BCUT2D eigenvalue weighted by atomic mass is 79.9. The number of carbonyl (C=O) groups is 2. The van der Waals surface area contributed by atoms with E-state index in [2.05, 4.69) is 45.5 Å². The lowest BCUT2D eigenvalue weighted by atomic mass is 9.79. The summed E-state index contributed by atoms with van der Waals surface area (Å²) in [7, 11) is 1.57. The van der Waals surface area contributed by atoms with E-state index < -0.39 is 11.9 Å². The summed E-state index contributed by atoms with van der Waals surface area (Å²) in [5, 5.41) is 5.64. The number of dihydropyridines is 1. The van der Waals surface area contributed by atoms with Crippen molar-refractivity contribution < 1.29 is 23.8 Å². The van der Waals surface area contributed by atoms with Crippen LogP contribution in [0.25, 0.3) is 16.5 Å². The number of allylic oxidation sites excluding steroid dienone is 2. The van der Waals surface area contributed by atoms with Crippen molar-refractivity contribution in [1.29, 1.82) is 0 Å². The number of methoxy groups -OCH3 is 1. The van der Waals surface area contributed by atoms with Crippen LogP contribution in [-0.2, 0) is 16.1 Å². The summed E-state index contributed by atoms with van der Waals surface area (Å²) in [6.45, 7) is 4.16. The molecule has 0 bridgehead atoms. The Balaban J connectivity index is 1.41. The number of hydrogen-bond acceptors (Lipinski definition) is 6. The number of ether oxygens (including phenoxy) is 3. The van der Waals surface area contributed by atoms with E-state index in [0.717, 1.165) is 16.5 Å². The van der Waals surface area contributed by atoms with E-state index in [1.54, 1.807) is 14.0 Å². The van der Waals surface area contributed by atoms with Gasteiger partial charge in [0.2, 0.25) is 0 Å². The minimum Gasteiger partial charge on any atom is -0.493 e. The Labute approximate surface area is 246 Å². The number of Topliss-reactive ketones (excluding diaryl/α,β-unsaturated/α-hetero) is 1. The van der Waals surface area contributed by atoms with Crippen molar-refractivity contribution in [3.8, 4) is 11.5 Å². The molecule has 4 aromatic rings. The summed E-state index contributed by atoms with van der Waals surface area (Å²) in [6, 6.07) is 25.6. The summed E-state index contributed by atoms with van der Waals surface area (Å²) in [5.41, 5.74) is 5.42. The smallest absolute Gasteiger partial charge is 0.336 e. The largest absolute Gasteiger partial charge is 0.493 e. The predicted octanol–water partition coefficient (Wildman–Crippen LogP) is 7.32. The number of esters is 1. The topological polar surface area (TPSA) is 73.9 Å². The monoisotopic (exact) mass is 609 g/mol. The molecule has 206 valence electrons. The molecule has 41 heavy (non-hydrogen) atoms. The van der Waals surface area contributed by atoms with E-state index >= 15 is 0 Å². The number of ketones is 1. The minimum atomic E-state index is -0.662. The molecule has 6 nitrogen and oxygen atoms in total. The summed E-state index contributed by atoms with van der Waals surface area (Å²) in [6.07, 6.45) is 0. The van der Waals surface area contributed by atoms with Crippen molar-refractivity contribution in [3.05, 3.63) is 122 Å². The molecule has 4 aromatic carbocycles. The van der Waals surface area contributed by atoms with Crippen LogP contribution in [0.4, 0.5) is 0 Å². The van der Waals surface area contributed by atoms with Crippen LogP contribution in [0, 0.1) is 0 Å². The predicted molar refractivity (Wildman–Crippen MR) is 162 cm³/mol. The first-order chi connectivity index (χ1) is 19.9. The molecule has 0 spiro atoms. The van der Waals surface area contributed by atoms with E-state index in [4.69, 9.17) is 14.2 Å². The standard InChI is InChI=1S/C34H28BrNO5/c1-4-40-34(38)28-19(2)36-31-24-11-7-8-12-25(24)32(37)30(31)29(28)23-16-26(35)33(27(17-23)39-3)41-18-20-13-14-21-9-5-6-10-22(21)15-20/h5-17,29,36H,4,18H2,1-3H3/t29-/m1/s1. The van der Waals surface area contributed by atoms with E-state index in [1.807, 2.05) is 61.5 Å². The van der Waals surface area contributed by atoms with Gasteiger partial charge in [0.05, 0.1) is 29.5 Å². The average molecular weight is 611 g/mol. The fourth-order valence-corrected chi connectivity index (χ4v) is 6.25. The van der Waals surface area contributed by atoms with E-state index in [0.29, 0.717) is 56.2 Å². The van der Waals surface area contributed by atoms with Gasteiger partial charge in [-0.25, -0.2) is 4.79 Å². The molecule has 7 heteroatoms. The number of benzene rings is 4. The molecule has 0 fully saturated rings. The Kier molecular flexibility index (Phi) is 7.14. The van der Waals surface area contributed by atoms with Gasteiger partial charge in [0, 0.05) is 28.3 Å². The number of fused-ring (bicyclic) bond motifs is 3. The minimum absolute atomic E-state index is 0.117. The first kappa shape index (κ1) is 26.8. The van der Waals surface area contributed by atoms with Gasteiger partial charge in [-0.3, -0.25) is 4.79 Å². The SMILES string of the molecule is CCOC(=O)C1=C(C)NC2=C(C(=O)c3ccccc32)[C@@H]1c1cc(Br)c(OCc2ccc3ccccc3c2)c(OC)c1. The number of nitrogens with one attached hydrogen (secondary N) is 1. The first-order valence-corrected chi connectivity index (χ1v) is 14.2. The van der Waals surface area contributed by atoms with Crippen LogP contribution in [-0.4, -0.2) is 25.5 Å². The maximum absolute atomic E-state index is 13.8. The molecule has 0 saturated heterocycles. The van der Waals surface area contributed by atoms with Crippen LogP contribution in [0.15, 0.2) is 100 Å². The first-order valence-electron chi connectivity index (χ1n) is 13.4. The summed E-state index contributed by atoms with van der Waals surface area (Å²) in [4.78, 5) is 27.1. The van der Waals surface area contributed by atoms with Crippen LogP contribution in [0.2, 0.25) is 0 Å². The van der Waals surface area contributed by atoms with Crippen molar-refractivity contribution >= 4 is 44.2 Å². The van der Waals surface area contributed by atoms with Gasteiger partial charge < -0.3 is 19.5 Å². The van der Waals surface area contributed by atoms with Gasteiger partial charge in [-0.15, -0.1) is 0 Å². The van der Waals surface area contributed by atoms with Crippen molar-refractivity contribution in [2.75, 3.05) is 13.7 Å². The Morgan fingerprint density at radius 1 is 0.951 bits per heavy atom. The Morgan fingerprint density at radius 3 is 2.44 bits per heavy atom. The van der Waals surface area contributed by atoms with Gasteiger partial charge in [0.1, 0.15) is 6.61 Å². The zero-order valence-corrected chi connectivity index (χ0v) is 24.5. The zero-order valence-electron chi connectivity index (χ0n) is 22.9. The van der Waals surface area contributed by atoms with Crippen LogP contribution < -0.4 is 14.8 Å². The third kappa shape index (κ3) is 4.70. The molecule has 1 N–H and O–H groups in total. The second kappa shape index (κ2) is 10.9. The molecule has 0 amide bonds. The average Bonchev–Trinajstić information content (AvgIpc) is 3.26. The van der Waals surface area contributed by atoms with Gasteiger partial charge in [-0.05, 0) is 69.9 Å². The Bertz CT molecular complexity index is 1790. The third-order valence-electron chi connectivity index (χ3n) is 7.53. The van der Waals surface area contributed by atoms with Crippen LogP contribution >= 0.6 is 15.9 Å². The highest BCUT2D eigenvalue weighted by molar-refractivity contribution is 9.10. The van der Waals surface area contributed by atoms with E-state index in [-0.39, 0.29) is 12.4 Å². The van der Waals surface area contributed by atoms with Crippen LogP contribution in [0.5, 0.6) is 11.5 Å². The fraction of sp³-hybridized carbons (Fsp3) is 0.176. The van der Waals surface area contributed by atoms with Gasteiger partial charge in [-0.1, -0.05) is 60.7 Å². The second-order valence-electron chi connectivity index (χ2n) is 9.98. The summed E-state index contributed by atoms with van der Waals surface area (Å²) < 4.78 is 18.1. The summed E-state index contributed by atoms with van der Waals surface area (Å²) >= 11 is 3.68. The number of rotatable bonds is 7. The van der Waals surface area contributed by atoms with Crippen LogP contribution in [0.1, 0.15) is 46.8 Å². The zero-order chi connectivity index (χ0) is 28.7. The molecular weight excluding hydrogens is 582 g/mol. The van der Waals surface area contributed by atoms with Gasteiger partial charge in [-0.2, -0.15) is 0 Å². The second-order valence-corrected chi connectivity index (χ2v) is 10.8. The Hall–Kier alpha value is -4.36. The van der Waals surface area contributed by atoms with Crippen molar-refractivity contribution in [3.63, 3.8) is 0 Å². The molecule has 0 aromatic heterocycles. The van der Waals surface area contributed by atoms with Crippen molar-refractivity contribution in [2.24, 2.45) is 0 Å². The lowest BCUT2D eigenvalue weighted by molar-refractivity contribution is -0.138. The van der Waals surface area contributed by atoms with E-state index in [9.17, 15) is 9.59 Å². The molecule has 1 heterocycles. The van der Waals surface area contributed by atoms with Gasteiger partial charge in [0.15, 0.2) is 17.3 Å². The highest BCUT2D eigenvalue weighted by Gasteiger charge is 2.43. The molecular formula is C34H28BrNO5. The molecule has 1 aliphatic carbocycles. The van der Waals surface area contributed by atoms with Crippen molar-refractivity contribution in [2.45, 2.75) is 26.4 Å². The maximum Gasteiger partial charge on any atom is 0.336 e. The molecule has 6 rings (SSSR count). The maximum atomic E-state index is 13.8. The quantitative estimate of drug-likeness (QED) is 0.221. The Morgan fingerprint density at radius 2 is 1.68 bits per heavy atom. The summed E-state index contributed by atoms with van der Waals surface area (Å²) in [5.74, 6) is -0.227. The van der Waals surface area contributed by atoms with Gasteiger partial charge in [0.25, 0.3) is 0 Å². The third-order valence-corrected chi connectivity index (χ3v) is 8.12. The molecule has 1 atom stereocenters. The lowest BCUT2D eigenvalue weighted by Gasteiger charge is -2.30. The van der Waals surface area contributed by atoms with E-state index in [1.165, 1.54) is 5.39 Å². The number of hydrogen-bond donors (Lipinski definition) is 1. The van der Waals surface area contributed by atoms with Crippen LogP contribution in [0.3, 0.4) is 0 Å². The van der Waals surface area contributed by atoms with Gasteiger partial charge >= 0.3 is 5.97 Å². The fourth-order valence-electron chi connectivity index (χ4n) is 5.67. The lowest BCUT2D eigenvalue weighted by Crippen LogP contribution is -2.29. The normalized spacial score (nSPS) is 15.9. The van der Waals surface area contributed by atoms with Crippen molar-refractivity contribution in [1.82, 2.24) is 5.32 Å². The molecule has 0 unspecified atom stereocenters. The highest BCUT2D eigenvalue weighted by Crippen LogP contribution is 2.49. The molecule has 1 aliphatic heterocycles. The molecule has 2 aliphatic rings. The number of halogens is 1. The molecule has 0 saturated carbocycles. The number of carbonyl (C=O) groups excluding carboxylic acids is 2.